The first kappa shape index (κ1) is 37.7. The van der Waals surface area contributed by atoms with E-state index in [0.717, 1.165) is 34.9 Å². The zero-order valence-electron chi connectivity index (χ0n) is 26.5. The summed E-state index contributed by atoms with van der Waals surface area (Å²) in [4.78, 5) is 6.25. The summed E-state index contributed by atoms with van der Waals surface area (Å²) < 4.78 is 96.1. The minimum Gasteiger partial charge on any atom is -0.497 e. The largest absolute Gasteiger partial charge is 0.497 e. The van der Waals surface area contributed by atoms with Gasteiger partial charge in [-0.2, -0.15) is 13.2 Å². The molecular formula is C33H32Cl3F4N5O4S. The van der Waals surface area contributed by atoms with Gasteiger partial charge in [-0.15, -0.1) is 23.2 Å². The van der Waals surface area contributed by atoms with Gasteiger partial charge in [-0.3, -0.25) is 0 Å². The molecule has 1 fully saturated rings. The van der Waals surface area contributed by atoms with Crippen LogP contribution in [-0.2, 0) is 22.7 Å². The molecule has 0 saturated heterocycles. The Morgan fingerprint density at radius 1 is 1.06 bits per heavy atom. The van der Waals surface area contributed by atoms with E-state index in [2.05, 4.69) is 15.3 Å². The summed E-state index contributed by atoms with van der Waals surface area (Å²) in [6.45, 7) is -0.299. The van der Waals surface area contributed by atoms with Gasteiger partial charge >= 0.3 is 6.18 Å². The first-order chi connectivity index (χ1) is 23.6. The number of anilines is 2. The Hall–Kier alpha value is -3.56. The van der Waals surface area contributed by atoms with Gasteiger partial charge in [-0.05, 0) is 60.6 Å². The molecule has 0 amide bonds. The predicted octanol–water partition coefficient (Wildman–Crippen LogP) is 7.81. The van der Waals surface area contributed by atoms with E-state index in [-0.39, 0.29) is 35.9 Å². The monoisotopic (exact) mass is 775 g/mol. The van der Waals surface area contributed by atoms with Gasteiger partial charge in [0, 0.05) is 36.0 Å². The van der Waals surface area contributed by atoms with E-state index >= 15 is 4.39 Å². The number of hydrogen-bond acceptors (Lipinski definition) is 8. The summed E-state index contributed by atoms with van der Waals surface area (Å²) in [5, 5.41) is 2.95. The molecule has 5 rings (SSSR count). The zero-order chi connectivity index (χ0) is 36.4. The van der Waals surface area contributed by atoms with Gasteiger partial charge < -0.3 is 20.5 Å². The number of alkyl halides is 5. The van der Waals surface area contributed by atoms with E-state index in [1.807, 2.05) is 0 Å². The van der Waals surface area contributed by atoms with Crippen LogP contribution in [0.5, 0.6) is 11.5 Å². The lowest BCUT2D eigenvalue weighted by molar-refractivity contribution is -0.137. The molecule has 0 bridgehead atoms. The third-order valence-electron chi connectivity index (χ3n) is 8.61. The van der Waals surface area contributed by atoms with E-state index in [1.165, 1.54) is 32.5 Å². The number of halogens is 7. The molecule has 4 aromatic rings. The summed E-state index contributed by atoms with van der Waals surface area (Å²) >= 11 is 19.3. The van der Waals surface area contributed by atoms with Crippen LogP contribution in [-0.4, -0.2) is 49.5 Å². The van der Waals surface area contributed by atoms with Crippen molar-refractivity contribution >= 4 is 56.3 Å². The zero-order valence-corrected chi connectivity index (χ0v) is 29.6. The van der Waals surface area contributed by atoms with Crippen LogP contribution in [0, 0.1) is 11.7 Å². The fourth-order valence-corrected chi connectivity index (χ4v) is 8.36. The number of nitrogens with one attached hydrogen (secondary N) is 1. The van der Waals surface area contributed by atoms with E-state index in [9.17, 15) is 21.6 Å². The number of hydrogen-bond donors (Lipinski definition) is 2. The van der Waals surface area contributed by atoms with Crippen molar-refractivity contribution in [3.05, 3.63) is 101 Å². The van der Waals surface area contributed by atoms with Crippen LogP contribution < -0.4 is 24.8 Å². The van der Waals surface area contributed by atoms with Crippen molar-refractivity contribution in [2.45, 2.75) is 53.3 Å². The number of sulfonamides is 1. The second-order valence-electron chi connectivity index (χ2n) is 11.6. The average molecular weight is 777 g/mol. The number of nitrogens with zero attached hydrogens (tertiary/aromatic N) is 3. The molecule has 1 aromatic heterocycles. The van der Waals surface area contributed by atoms with E-state index < -0.39 is 61.2 Å². The Morgan fingerprint density at radius 2 is 1.82 bits per heavy atom. The van der Waals surface area contributed by atoms with Crippen LogP contribution in [0.1, 0.15) is 35.4 Å². The molecule has 0 spiro atoms. The predicted molar refractivity (Wildman–Crippen MR) is 184 cm³/mol. The number of benzene rings is 3. The SMILES string of the molecule is COc1ccc(CN(c2ccncn2)S(=O)(=O)c2cc(Cl)c(N[C@H]3C[C@@H](C(Cl)Cl)[C@H](c4cccc(C(F)(F)F)c4)C[C@@H]3N)cc2F)c(OC)c1. The molecule has 268 valence electrons. The smallest absolute Gasteiger partial charge is 0.416 e. The van der Waals surface area contributed by atoms with Crippen molar-refractivity contribution in [2.75, 3.05) is 23.8 Å². The molecule has 1 aliphatic rings. The van der Waals surface area contributed by atoms with Crippen molar-refractivity contribution in [3.63, 3.8) is 0 Å². The lowest BCUT2D eigenvalue weighted by atomic mass is 9.72. The Kier molecular flexibility index (Phi) is 11.6. The maximum absolute atomic E-state index is 15.9. The van der Waals surface area contributed by atoms with Gasteiger partial charge in [0.2, 0.25) is 0 Å². The highest BCUT2D eigenvalue weighted by Gasteiger charge is 2.41. The highest BCUT2D eigenvalue weighted by Crippen LogP contribution is 2.45. The first-order valence-corrected chi connectivity index (χ1v) is 17.8. The van der Waals surface area contributed by atoms with Crippen molar-refractivity contribution in [1.29, 1.82) is 0 Å². The Balaban J connectivity index is 1.43. The fraction of sp³-hybridized carbons (Fsp3) is 0.333. The van der Waals surface area contributed by atoms with E-state index in [4.69, 9.17) is 50.0 Å². The lowest BCUT2D eigenvalue weighted by Gasteiger charge is -2.42. The summed E-state index contributed by atoms with van der Waals surface area (Å²) in [7, 11) is -1.76. The second kappa shape index (κ2) is 15.4. The number of methoxy groups -OCH3 is 2. The van der Waals surface area contributed by atoms with Gasteiger partial charge in [0.05, 0.1) is 37.0 Å². The van der Waals surface area contributed by atoms with Crippen LogP contribution in [0.15, 0.2) is 78.1 Å². The molecule has 50 heavy (non-hydrogen) atoms. The third-order valence-corrected chi connectivity index (χ3v) is 11.3. The van der Waals surface area contributed by atoms with Crippen LogP contribution in [0.3, 0.4) is 0 Å². The molecule has 9 nitrogen and oxygen atoms in total. The van der Waals surface area contributed by atoms with E-state index in [1.54, 1.807) is 24.3 Å². The minimum absolute atomic E-state index is 0.0400. The molecule has 0 radical (unpaired) electrons. The number of rotatable bonds is 11. The standard InChI is InChI=1S/C33H32Cl3F4N5O4S/c1-48-21-7-6-19(29(11-21)49-2)16-45(31-8-9-42-17-43-31)50(46,47)30-14-24(34)27(15-25(30)37)44-28-13-23(32(35)36)22(12-26(28)41)18-4-3-5-20(10-18)33(38,39)40/h3-11,14-15,17,22-23,26,28,32,44H,12-13,16,41H2,1-2H3/t22-,23+,26-,28-/m0/s1. The lowest BCUT2D eigenvalue weighted by Crippen LogP contribution is -2.49. The maximum atomic E-state index is 15.9. The first-order valence-electron chi connectivity index (χ1n) is 15.1. The molecule has 0 unspecified atom stereocenters. The van der Waals surface area contributed by atoms with Crippen LogP contribution in [0.4, 0.5) is 29.1 Å². The summed E-state index contributed by atoms with van der Waals surface area (Å²) in [6.07, 6.45) is -1.64. The van der Waals surface area contributed by atoms with Crippen LogP contribution in [0.25, 0.3) is 0 Å². The Bertz CT molecular complexity index is 1930. The fourth-order valence-electron chi connectivity index (χ4n) is 6.05. The normalized spacial score (nSPS) is 19.7. The highest BCUT2D eigenvalue weighted by molar-refractivity contribution is 7.92. The average Bonchev–Trinajstić information content (AvgIpc) is 3.09. The van der Waals surface area contributed by atoms with Crippen LogP contribution in [0.2, 0.25) is 5.02 Å². The molecule has 3 aromatic carbocycles. The quantitative estimate of drug-likeness (QED) is 0.117. The Labute approximate surface area is 301 Å². The number of ether oxygens (including phenoxy) is 2. The summed E-state index contributed by atoms with van der Waals surface area (Å²) in [5.41, 5.74) is 6.58. The summed E-state index contributed by atoms with van der Waals surface area (Å²) in [5.74, 6) is -1.38. The maximum Gasteiger partial charge on any atom is 0.416 e. The van der Waals surface area contributed by atoms with Crippen molar-refractivity contribution in [2.24, 2.45) is 11.7 Å². The molecule has 1 aliphatic carbocycles. The Morgan fingerprint density at radius 3 is 2.46 bits per heavy atom. The third kappa shape index (κ3) is 8.15. The van der Waals surface area contributed by atoms with Crippen molar-refractivity contribution in [3.8, 4) is 11.5 Å². The van der Waals surface area contributed by atoms with Gasteiger partial charge in [-0.1, -0.05) is 29.8 Å². The van der Waals surface area contributed by atoms with Gasteiger partial charge in [-0.25, -0.2) is 27.1 Å². The van der Waals surface area contributed by atoms with Gasteiger partial charge in [0.15, 0.2) is 0 Å². The molecule has 17 heteroatoms. The number of nitrogens with two attached hydrogens (primary N) is 1. The number of aromatic nitrogens is 2. The molecule has 1 saturated carbocycles. The molecule has 0 aliphatic heterocycles. The molecular weight excluding hydrogens is 745 g/mol. The van der Waals surface area contributed by atoms with Crippen molar-refractivity contribution < 1.29 is 35.5 Å². The minimum atomic E-state index is -4.65. The van der Waals surface area contributed by atoms with Gasteiger partial charge in [0.25, 0.3) is 10.0 Å². The van der Waals surface area contributed by atoms with E-state index in [0.29, 0.717) is 22.6 Å². The van der Waals surface area contributed by atoms with Crippen LogP contribution >= 0.6 is 34.8 Å². The molecule has 3 N–H and O–H groups in total. The molecule has 1 heterocycles. The van der Waals surface area contributed by atoms with Crippen molar-refractivity contribution in [1.82, 2.24) is 9.97 Å². The van der Waals surface area contributed by atoms with Gasteiger partial charge in [0.1, 0.15) is 39.2 Å². The topological polar surface area (TPSA) is 120 Å². The highest BCUT2D eigenvalue weighted by atomic mass is 35.5. The summed E-state index contributed by atoms with van der Waals surface area (Å²) in [6, 6.07) is 11.8. The molecule has 4 atom stereocenters. The second-order valence-corrected chi connectivity index (χ2v) is 15.0.